The molecule has 0 radical (unpaired) electrons. The van der Waals surface area contributed by atoms with E-state index in [0.717, 1.165) is 25.7 Å². The van der Waals surface area contributed by atoms with E-state index in [1.807, 2.05) is 55.4 Å². The molecule has 0 bridgehead atoms. The first-order valence-electron chi connectivity index (χ1n) is 10.8. The molecule has 0 aromatic heterocycles. The highest BCUT2D eigenvalue weighted by molar-refractivity contribution is 7.84. The van der Waals surface area contributed by atoms with Crippen molar-refractivity contribution in [3.8, 4) is 0 Å². The number of hydrogen-bond acceptors (Lipinski definition) is 5. The highest BCUT2D eigenvalue weighted by atomic mass is 32.2. The quantitative estimate of drug-likeness (QED) is 0.416. The van der Waals surface area contributed by atoms with Crippen LogP contribution in [0, 0.1) is 0 Å². The van der Waals surface area contributed by atoms with Gasteiger partial charge in [0.1, 0.15) is 5.60 Å². The van der Waals surface area contributed by atoms with Crippen LogP contribution in [0.25, 0.3) is 0 Å². The summed E-state index contributed by atoms with van der Waals surface area (Å²) < 4.78 is 32.4. The summed E-state index contributed by atoms with van der Waals surface area (Å²) in [7, 11) is -1.22. The molecule has 1 rings (SSSR count). The number of rotatable bonds is 10. The van der Waals surface area contributed by atoms with Gasteiger partial charge in [0.05, 0.1) is 21.8 Å². The van der Waals surface area contributed by atoms with E-state index in [-0.39, 0.29) is 29.2 Å². The van der Waals surface area contributed by atoms with E-state index in [9.17, 15) is 9.00 Å². The van der Waals surface area contributed by atoms with Gasteiger partial charge in [-0.3, -0.25) is 0 Å². The predicted octanol–water partition coefficient (Wildman–Crippen LogP) is 3.99. The average Bonchev–Trinajstić information content (AvgIpc) is 3.05. The molecular formula is C21H42N2O5S. The first kappa shape index (κ1) is 26.3. The molecule has 1 aliphatic rings. The van der Waals surface area contributed by atoms with E-state index in [0.29, 0.717) is 19.8 Å². The van der Waals surface area contributed by atoms with Crippen LogP contribution >= 0.6 is 0 Å². The summed E-state index contributed by atoms with van der Waals surface area (Å²) in [6.07, 6.45) is 2.80. The van der Waals surface area contributed by atoms with Gasteiger partial charge in [-0.05, 0) is 81.1 Å². The molecule has 1 aliphatic heterocycles. The van der Waals surface area contributed by atoms with Crippen molar-refractivity contribution >= 4 is 17.1 Å². The number of likely N-dealkylation sites (tertiary alicyclic amines) is 1. The highest BCUT2D eigenvalue weighted by Gasteiger charge is 2.38. The van der Waals surface area contributed by atoms with Gasteiger partial charge >= 0.3 is 6.09 Å². The van der Waals surface area contributed by atoms with Crippen LogP contribution in [0.3, 0.4) is 0 Å². The molecular weight excluding hydrogens is 392 g/mol. The molecule has 8 heteroatoms. The summed E-state index contributed by atoms with van der Waals surface area (Å²) >= 11 is 0. The summed E-state index contributed by atoms with van der Waals surface area (Å²) in [4.78, 5) is 14.5. The summed E-state index contributed by atoms with van der Waals surface area (Å²) in [5.74, 6) is 0. The first-order valence-corrected chi connectivity index (χ1v) is 11.9. The molecule has 1 amide bonds. The van der Waals surface area contributed by atoms with Gasteiger partial charge in [0.2, 0.25) is 0 Å². The van der Waals surface area contributed by atoms with Crippen LogP contribution in [-0.2, 0) is 25.2 Å². The fraction of sp³-hybridized carbons (Fsp3) is 0.952. The molecule has 1 fully saturated rings. The standard InChI is InChI=1S/C21H42N2O5S/c1-9-26-16(2)27-15-11-12-17(22-29(25)21(6,7)8)18-13-10-14-23(18)19(24)28-20(3,4)5/h16-18,22H,9-15H2,1-8H3/t16?,17-,18-,29-/m0/s1. The van der Waals surface area contributed by atoms with Crippen LogP contribution in [-0.4, -0.2) is 63.7 Å². The largest absolute Gasteiger partial charge is 0.444 e. The fourth-order valence-electron chi connectivity index (χ4n) is 3.24. The molecule has 0 aromatic carbocycles. The van der Waals surface area contributed by atoms with Crippen LogP contribution < -0.4 is 4.72 Å². The number of amides is 1. The molecule has 0 aromatic rings. The van der Waals surface area contributed by atoms with Crippen molar-refractivity contribution in [3.05, 3.63) is 0 Å². The summed E-state index contributed by atoms with van der Waals surface area (Å²) in [6.45, 7) is 17.1. The van der Waals surface area contributed by atoms with Crippen LogP contribution in [0.4, 0.5) is 4.79 Å². The van der Waals surface area contributed by atoms with Crippen LogP contribution in [0.2, 0.25) is 0 Å². The SMILES string of the molecule is CCOC(C)OCCC[C@H](N[S@@](=O)C(C)(C)C)[C@@H]1CCCN1C(=O)OC(C)(C)C. The number of nitrogens with zero attached hydrogens (tertiary/aromatic N) is 1. The zero-order valence-electron chi connectivity index (χ0n) is 19.6. The second-order valence-corrected chi connectivity index (χ2v) is 11.5. The topological polar surface area (TPSA) is 77.1 Å². The van der Waals surface area contributed by atoms with Gasteiger partial charge in [-0.15, -0.1) is 0 Å². The Hall–Kier alpha value is -0.700. The van der Waals surface area contributed by atoms with Gasteiger partial charge in [-0.2, -0.15) is 0 Å². The van der Waals surface area contributed by atoms with Crippen molar-refractivity contribution in [2.45, 2.75) is 110 Å². The van der Waals surface area contributed by atoms with E-state index < -0.39 is 16.6 Å². The summed E-state index contributed by atoms with van der Waals surface area (Å²) in [5, 5.41) is 0. The monoisotopic (exact) mass is 434 g/mol. The van der Waals surface area contributed by atoms with Gasteiger partial charge in [0, 0.05) is 25.8 Å². The second kappa shape index (κ2) is 11.6. The maximum absolute atomic E-state index is 12.8. The van der Waals surface area contributed by atoms with Crippen molar-refractivity contribution in [3.63, 3.8) is 0 Å². The number of ether oxygens (including phenoxy) is 3. The van der Waals surface area contributed by atoms with Crippen LogP contribution in [0.15, 0.2) is 0 Å². The predicted molar refractivity (Wildman–Crippen MR) is 117 cm³/mol. The van der Waals surface area contributed by atoms with Crippen molar-refractivity contribution in [1.82, 2.24) is 9.62 Å². The molecule has 29 heavy (non-hydrogen) atoms. The van der Waals surface area contributed by atoms with Crippen molar-refractivity contribution in [1.29, 1.82) is 0 Å². The Labute approximate surface area is 179 Å². The molecule has 0 saturated carbocycles. The third-order valence-corrected chi connectivity index (χ3v) is 6.25. The number of hydrogen-bond donors (Lipinski definition) is 1. The molecule has 7 nitrogen and oxygen atoms in total. The molecule has 1 unspecified atom stereocenters. The van der Waals surface area contributed by atoms with Crippen molar-refractivity contribution in [2.75, 3.05) is 19.8 Å². The Balaban J connectivity index is 2.80. The average molecular weight is 435 g/mol. The maximum atomic E-state index is 12.8. The molecule has 1 N–H and O–H groups in total. The lowest BCUT2D eigenvalue weighted by Crippen LogP contribution is -2.52. The first-order chi connectivity index (χ1) is 13.3. The zero-order valence-corrected chi connectivity index (χ0v) is 20.4. The van der Waals surface area contributed by atoms with Crippen LogP contribution in [0.1, 0.15) is 81.1 Å². The highest BCUT2D eigenvalue weighted by Crippen LogP contribution is 2.26. The molecule has 1 saturated heterocycles. The van der Waals surface area contributed by atoms with Gasteiger partial charge in [-0.1, -0.05) is 0 Å². The maximum Gasteiger partial charge on any atom is 0.410 e. The number of carbonyl (C=O) groups excluding carboxylic acids is 1. The second-order valence-electron chi connectivity index (χ2n) is 9.52. The molecule has 0 aliphatic carbocycles. The van der Waals surface area contributed by atoms with Gasteiger partial charge in [0.15, 0.2) is 6.29 Å². The number of nitrogens with one attached hydrogen (secondary N) is 1. The van der Waals surface area contributed by atoms with Crippen molar-refractivity contribution in [2.24, 2.45) is 0 Å². The minimum Gasteiger partial charge on any atom is -0.444 e. The van der Waals surface area contributed by atoms with Gasteiger partial charge < -0.3 is 19.1 Å². The molecule has 4 atom stereocenters. The Bertz CT molecular complexity index is 530. The fourth-order valence-corrected chi connectivity index (χ4v) is 4.14. The Morgan fingerprint density at radius 2 is 1.86 bits per heavy atom. The molecule has 172 valence electrons. The Morgan fingerprint density at radius 3 is 2.41 bits per heavy atom. The number of carbonyl (C=O) groups is 1. The lowest BCUT2D eigenvalue weighted by molar-refractivity contribution is -0.127. The Morgan fingerprint density at radius 1 is 1.21 bits per heavy atom. The third-order valence-electron chi connectivity index (χ3n) is 4.62. The molecule has 1 heterocycles. The zero-order chi connectivity index (χ0) is 22.2. The lowest BCUT2D eigenvalue weighted by Gasteiger charge is -2.34. The summed E-state index contributed by atoms with van der Waals surface area (Å²) in [5.41, 5.74) is -0.537. The van der Waals surface area contributed by atoms with E-state index in [1.165, 1.54) is 0 Å². The third kappa shape index (κ3) is 9.77. The Kier molecular flexibility index (Phi) is 10.6. The smallest absolute Gasteiger partial charge is 0.410 e. The minimum atomic E-state index is -1.22. The normalized spacial score (nSPS) is 21.1. The van der Waals surface area contributed by atoms with E-state index in [2.05, 4.69) is 4.72 Å². The van der Waals surface area contributed by atoms with Crippen molar-refractivity contribution < 1.29 is 23.2 Å². The van der Waals surface area contributed by atoms with E-state index >= 15 is 0 Å². The van der Waals surface area contributed by atoms with Gasteiger partial charge in [0.25, 0.3) is 0 Å². The van der Waals surface area contributed by atoms with Crippen LogP contribution in [0.5, 0.6) is 0 Å². The lowest BCUT2D eigenvalue weighted by atomic mass is 10.0. The van der Waals surface area contributed by atoms with E-state index in [4.69, 9.17) is 14.2 Å². The van der Waals surface area contributed by atoms with E-state index in [1.54, 1.807) is 4.90 Å². The van der Waals surface area contributed by atoms with Gasteiger partial charge in [-0.25, -0.2) is 13.7 Å². The summed E-state index contributed by atoms with van der Waals surface area (Å²) in [6, 6.07) is -0.128. The molecule has 0 spiro atoms. The minimum absolute atomic E-state index is 0.0412.